The van der Waals surface area contributed by atoms with Gasteiger partial charge in [-0.2, -0.15) is 0 Å². The van der Waals surface area contributed by atoms with E-state index in [9.17, 15) is 4.39 Å². The molecule has 2 aromatic rings. The summed E-state index contributed by atoms with van der Waals surface area (Å²) in [5, 5.41) is 2.21. The molecule has 1 aliphatic rings. The molecule has 0 amide bonds. The number of nitrogens with zero attached hydrogens (tertiary/aromatic N) is 2. The molecule has 2 nitrogen and oxygen atoms in total. The molecule has 1 aromatic carbocycles. The van der Waals surface area contributed by atoms with Crippen molar-refractivity contribution in [2.75, 3.05) is 31.1 Å². The van der Waals surface area contributed by atoms with Gasteiger partial charge in [0.1, 0.15) is 5.82 Å². The van der Waals surface area contributed by atoms with Gasteiger partial charge in [0.15, 0.2) is 0 Å². The number of rotatable bonds is 3. The molecule has 0 radical (unpaired) electrons. The van der Waals surface area contributed by atoms with Crippen LogP contribution in [-0.2, 0) is 6.54 Å². The normalized spacial score (nSPS) is 16.6. The van der Waals surface area contributed by atoms with Gasteiger partial charge in [-0.3, -0.25) is 4.90 Å². The van der Waals surface area contributed by atoms with E-state index >= 15 is 0 Å². The van der Waals surface area contributed by atoms with Gasteiger partial charge in [-0.15, -0.1) is 11.3 Å². The van der Waals surface area contributed by atoms with Crippen LogP contribution in [0.5, 0.6) is 0 Å². The van der Waals surface area contributed by atoms with E-state index in [1.165, 1.54) is 22.6 Å². The van der Waals surface area contributed by atoms with Gasteiger partial charge in [-0.1, -0.05) is 0 Å². The maximum atomic E-state index is 12.9. The van der Waals surface area contributed by atoms with Gasteiger partial charge < -0.3 is 4.90 Å². The van der Waals surface area contributed by atoms with Crippen LogP contribution in [0.1, 0.15) is 10.4 Å². The molecule has 0 spiro atoms. The quantitative estimate of drug-likeness (QED) is 0.853. The molecule has 0 atom stereocenters. The molecule has 20 heavy (non-hydrogen) atoms. The second-order valence-corrected chi connectivity index (χ2v) is 6.33. The molecule has 4 heteroatoms. The highest BCUT2D eigenvalue weighted by atomic mass is 32.1. The Kier molecular flexibility index (Phi) is 4.03. The average molecular weight is 290 g/mol. The summed E-state index contributed by atoms with van der Waals surface area (Å²) in [5.74, 6) is -0.166. The molecule has 1 saturated heterocycles. The number of piperazine rings is 1. The van der Waals surface area contributed by atoms with Crippen molar-refractivity contribution in [1.29, 1.82) is 0 Å². The van der Waals surface area contributed by atoms with Crippen LogP contribution in [-0.4, -0.2) is 31.1 Å². The molecule has 0 bridgehead atoms. The third kappa shape index (κ3) is 3.19. The highest BCUT2D eigenvalue weighted by Gasteiger charge is 2.17. The lowest BCUT2D eigenvalue weighted by Crippen LogP contribution is -2.45. The minimum Gasteiger partial charge on any atom is -0.369 e. The highest BCUT2D eigenvalue weighted by Crippen LogP contribution is 2.20. The lowest BCUT2D eigenvalue weighted by atomic mass is 10.2. The van der Waals surface area contributed by atoms with Crippen molar-refractivity contribution in [3.05, 3.63) is 52.0 Å². The van der Waals surface area contributed by atoms with Gasteiger partial charge in [0.25, 0.3) is 0 Å². The minimum absolute atomic E-state index is 0.166. The minimum atomic E-state index is -0.166. The standard InChI is InChI=1S/C16H19FN2S/c1-13-10-16(20-12-13)11-18-6-8-19(9-7-18)15-4-2-14(17)3-5-15/h2-5,10,12H,6-9,11H2,1H3. The van der Waals surface area contributed by atoms with Gasteiger partial charge in [0.2, 0.25) is 0 Å². The van der Waals surface area contributed by atoms with E-state index in [0.29, 0.717) is 0 Å². The van der Waals surface area contributed by atoms with Crippen LogP contribution < -0.4 is 4.90 Å². The third-order valence-electron chi connectivity index (χ3n) is 3.73. The molecule has 0 N–H and O–H groups in total. The van der Waals surface area contributed by atoms with E-state index in [-0.39, 0.29) is 5.82 Å². The number of anilines is 1. The second-order valence-electron chi connectivity index (χ2n) is 5.33. The average Bonchev–Trinajstić information content (AvgIpc) is 2.86. The predicted molar refractivity (Wildman–Crippen MR) is 82.9 cm³/mol. The largest absolute Gasteiger partial charge is 0.369 e. The zero-order chi connectivity index (χ0) is 13.9. The van der Waals surface area contributed by atoms with Crippen LogP contribution in [0.25, 0.3) is 0 Å². The van der Waals surface area contributed by atoms with Crippen molar-refractivity contribution >= 4 is 17.0 Å². The lowest BCUT2D eigenvalue weighted by molar-refractivity contribution is 0.252. The zero-order valence-corrected chi connectivity index (χ0v) is 12.5. The summed E-state index contributed by atoms with van der Waals surface area (Å²) in [6.45, 7) is 7.34. The van der Waals surface area contributed by atoms with Gasteiger partial charge >= 0.3 is 0 Å². The first-order chi connectivity index (χ1) is 9.70. The lowest BCUT2D eigenvalue weighted by Gasteiger charge is -2.35. The van der Waals surface area contributed by atoms with Crippen LogP contribution >= 0.6 is 11.3 Å². The van der Waals surface area contributed by atoms with Crippen molar-refractivity contribution in [2.24, 2.45) is 0 Å². The molecule has 1 fully saturated rings. The summed E-state index contributed by atoms with van der Waals surface area (Å²) < 4.78 is 12.9. The third-order valence-corrected chi connectivity index (χ3v) is 4.77. The Morgan fingerprint density at radius 3 is 2.40 bits per heavy atom. The Balaban J connectivity index is 1.55. The predicted octanol–water partition coefficient (Wildman–Crippen LogP) is 3.52. The number of halogens is 1. The van der Waals surface area contributed by atoms with E-state index in [1.54, 1.807) is 0 Å². The smallest absolute Gasteiger partial charge is 0.123 e. The first-order valence-electron chi connectivity index (χ1n) is 6.97. The zero-order valence-electron chi connectivity index (χ0n) is 11.7. The first-order valence-corrected chi connectivity index (χ1v) is 7.85. The molecule has 0 unspecified atom stereocenters. The Morgan fingerprint density at radius 1 is 1.10 bits per heavy atom. The van der Waals surface area contributed by atoms with Crippen molar-refractivity contribution in [3.63, 3.8) is 0 Å². The maximum Gasteiger partial charge on any atom is 0.123 e. The number of aryl methyl sites for hydroxylation is 1. The number of hydrogen-bond donors (Lipinski definition) is 0. The van der Waals surface area contributed by atoms with Crippen LogP contribution in [0, 0.1) is 12.7 Å². The molecule has 106 valence electrons. The van der Waals surface area contributed by atoms with Crippen LogP contribution in [0.4, 0.5) is 10.1 Å². The molecule has 2 heterocycles. The summed E-state index contributed by atoms with van der Waals surface area (Å²) in [5.41, 5.74) is 2.48. The molecule has 1 aromatic heterocycles. The summed E-state index contributed by atoms with van der Waals surface area (Å²) in [6.07, 6.45) is 0. The first kappa shape index (κ1) is 13.6. The summed E-state index contributed by atoms with van der Waals surface area (Å²) in [4.78, 5) is 6.26. The van der Waals surface area contributed by atoms with E-state index in [4.69, 9.17) is 0 Å². The van der Waals surface area contributed by atoms with Crippen molar-refractivity contribution in [2.45, 2.75) is 13.5 Å². The van der Waals surface area contributed by atoms with E-state index in [0.717, 1.165) is 38.4 Å². The summed E-state index contributed by atoms with van der Waals surface area (Å²) in [7, 11) is 0. The number of benzene rings is 1. The second kappa shape index (κ2) is 5.94. The number of hydrogen-bond acceptors (Lipinski definition) is 3. The van der Waals surface area contributed by atoms with Gasteiger partial charge in [0.05, 0.1) is 0 Å². The molecule has 0 aliphatic carbocycles. The fourth-order valence-electron chi connectivity index (χ4n) is 2.61. The Morgan fingerprint density at radius 2 is 1.80 bits per heavy atom. The van der Waals surface area contributed by atoms with Gasteiger partial charge in [-0.05, 0) is 48.2 Å². The molecule has 3 rings (SSSR count). The van der Waals surface area contributed by atoms with Gasteiger partial charge in [0, 0.05) is 43.3 Å². The van der Waals surface area contributed by atoms with E-state index in [1.807, 2.05) is 23.5 Å². The topological polar surface area (TPSA) is 6.48 Å². The monoisotopic (exact) mass is 290 g/mol. The Hall–Kier alpha value is -1.39. The van der Waals surface area contributed by atoms with Crippen LogP contribution in [0.3, 0.4) is 0 Å². The van der Waals surface area contributed by atoms with Crippen LogP contribution in [0.15, 0.2) is 35.7 Å². The maximum absolute atomic E-state index is 12.9. The molecular weight excluding hydrogens is 271 g/mol. The SMILES string of the molecule is Cc1csc(CN2CCN(c3ccc(F)cc3)CC2)c1. The number of thiophene rings is 1. The highest BCUT2D eigenvalue weighted by molar-refractivity contribution is 7.10. The fourth-order valence-corrected chi connectivity index (χ4v) is 3.53. The van der Waals surface area contributed by atoms with Gasteiger partial charge in [-0.25, -0.2) is 4.39 Å². The van der Waals surface area contributed by atoms with Crippen molar-refractivity contribution in [1.82, 2.24) is 4.90 Å². The Bertz CT molecular complexity index is 556. The Labute approximate surface area is 123 Å². The summed E-state index contributed by atoms with van der Waals surface area (Å²) in [6, 6.07) is 9.09. The fraction of sp³-hybridized carbons (Fsp3) is 0.375. The summed E-state index contributed by atoms with van der Waals surface area (Å²) >= 11 is 1.85. The molecule has 0 saturated carbocycles. The van der Waals surface area contributed by atoms with Crippen molar-refractivity contribution in [3.8, 4) is 0 Å². The molecular formula is C16H19FN2S. The van der Waals surface area contributed by atoms with E-state index < -0.39 is 0 Å². The van der Waals surface area contributed by atoms with E-state index in [2.05, 4.69) is 28.2 Å². The van der Waals surface area contributed by atoms with Crippen LogP contribution in [0.2, 0.25) is 0 Å². The van der Waals surface area contributed by atoms with Crippen molar-refractivity contribution < 1.29 is 4.39 Å². The molecule has 1 aliphatic heterocycles.